The van der Waals surface area contributed by atoms with Crippen molar-refractivity contribution in [2.24, 2.45) is 17.8 Å². The molecule has 3 heterocycles. The summed E-state index contributed by atoms with van der Waals surface area (Å²) in [4.78, 5) is 10.0. The Morgan fingerprint density at radius 2 is 1.85 bits per heavy atom. The zero-order valence-corrected chi connectivity index (χ0v) is 24.5. The van der Waals surface area contributed by atoms with Crippen LogP contribution in [0.4, 0.5) is 5.13 Å². The Morgan fingerprint density at radius 1 is 1.05 bits per heavy atom. The van der Waals surface area contributed by atoms with Gasteiger partial charge in [0.05, 0.1) is 25.5 Å². The Balaban J connectivity index is 1.13. The van der Waals surface area contributed by atoms with Crippen molar-refractivity contribution in [1.82, 2.24) is 9.88 Å². The molecule has 0 radical (unpaired) electrons. The highest BCUT2D eigenvalue weighted by Crippen LogP contribution is 2.44. The number of morpholine rings is 1. The van der Waals surface area contributed by atoms with Crippen LogP contribution in [0.25, 0.3) is 11.3 Å². The van der Waals surface area contributed by atoms with Crippen LogP contribution in [0, 0.1) is 31.6 Å². The first-order valence-electron chi connectivity index (χ1n) is 14.6. The van der Waals surface area contributed by atoms with Crippen molar-refractivity contribution in [3.63, 3.8) is 0 Å². The van der Waals surface area contributed by atoms with Gasteiger partial charge in [-0.3, -0.25) is 4.90 Å². The molecular formula is C32H41N3O4S. The molecule has 214 valence electrons. The molecule has 2 aromatic carbocycles. The quantitative estimate of drug-likeness (QED) is 0.337. The van der Waals surface area contributed by atoms with Gasteiger partial charge in [0.2, 0.25) is 0 Å². The van der Waals surface area contributed by atoms with E-state index in [4.69, 9.17) is 24.3 Å². The molecule has 40 heavy (non-hydrogen) atoms. The van der Waals surface area contributed by atoms with Crippen LogP contribution in [0.15, 0.2) is 41.8 Å². The zero-order chi connectivity index (χ0) is 27.5. The first kappa shape index (κ1) is 27.7. The van der Waals surface area contributed by atoms with Crippen LogP contribution in [-0.2, 0) is 22.6 Å². The number of benzene rings is 2. The van der Waals surface area contributed by atoms with Gasteiger partial charge in [0.25, 0.3) is 0 Å². The molecule has 0 unspecified atom stereocenters. The number of nitrogens with zero attached hydrogens (tertiary/aromatic N) is 3. The Morgan fingerprint density at radius 3 is 2.60 bits per heavy atom. The second-order valence-electron chi connectivity index (χ2n) is 11.6. The van der Waals surface area contributed by atoms with Crippen LogP contribution >= 0.6 is 11.3 Å². The molecular weight excluding hydrogens is 522 g/mol. The molecule has 0 spiro atoms. The Hall–Kier alpha value is -2.49. The van der Waals surface area contributed by atoms with Gasteiger partial charge in [-0.05, 0) is 72.8 Å². The summed E-state index contributed by atoms with van der Waals surface area (Å²) < 4.78 is 17.4. The van der Waals surface area contributed by atoms with Gasteiger partial charge in [-0.1, -0.05) is 30.3 Å². The number of aliphatic hydroxyl groups excluding tert-OH is 1. The summed E-state index contributed by atoms with van der Waals surface area (Å²) >= 11 is 1.73. The number of aliphatic hydroxyl groups is 1. The number of hydrogen-bond donors (Lipinski definition) is 1. The average Bonchev–Trinajstić information content (AvgIpc) is 3.54. The van der Waals surface area contributed by atoms with Crippen molar-refractivity contribution < 1.29 is 19.3 Å². The predicted molar refractivity (Wildman–Crippen MR) is 159 cm³/mol. The number of ether oxygens (including phenoxy) is 3. The smallest absolute Gasteiger partial charge is 0.185 e. The van der Waals surface area contributed by atoms with Crippen molar-refractivity contribution in [2.75, 3.05) is 57.7 Å². The number of para-hydroxylation sites is 1. The van der Waals surface area contributed by atoms with Gasteiger partial charge < -0.3 is 24.2 Å². The van der Waals surface area contributed by atoms with Crippen molar-refractivity contribution in [1.29, 1.82) is 0 Å². The number of thiazole rings is 1. The van der Waals surface area contributed by atoms with Crippen LogP contribution in [0.5, 0.6) is 5.75 Å². The molecule has 3 atom stereocenters. The number of rotatable bonds is 10. The molecule has 3 fully saturated rings. The standard InChI is InChI=1S/C32H41N3O4S/c1-22-4-3-5-28(30-20-40-32(33-30)35-16-25-8-9-26(17-35)29(25)19-38-21-36)31(22)39-18-27-7-6-24(14-23(27)2)15-34-10-12-37-13-11-34/h3-7,14,20,25-26,29,36H,8-13,15-19,21H2,1-2H3/t25-,26+,29+. The zero-order valence-electron chi connectivity index (χ0n) is 23.7. The molecule has 0 amide bonds. The van der Waals surface area contributed by atoms with E-state index in [1.807, 2.05) is 0 Å². The molecule has 3 aromatic rings. The molecule has 1 aliphatic carbocycles. The second kappa shape index (κ2) is 12.6. The monoisotopic (exact) mass is 563 g/mol. The highest BCUT2D eigenvalue weighted by atomic mass is 32.1. The molecule has 1 N–H and O–H groups in total. The summed E-state index contributed by atoms with van der Waals surface area (Å²) in [6.45, 7) is 11.9. The average molecular weight is 564 g/mol. The molecule has 6 rings (SSSR count). The largest absolute Gasteiger partial charge is 0.488 e. The third-order valence-corrected chi connectivity index (χ3v) is 9.87. The van der Waals surface area contributed by atoms with Gasteiger partial charge in [0, 0.05) is 43.7 Å². The van der Waals surface area contributed by atoms with Crippen molar-refractivity contribution in [3.8, 4) is 17.0 Å². The van der Waals surface area contributed by atoms with E-state index in [9.17, 15) is 0 Å². The molecule has 2 saturated heterocycles. The molecule has 8 heteroatoms. The summed E-state index contributed by atoms with van der Waals surface area (Å²) in [6.07, 6.45) is 2.48. The Bertz CT molecular complexity index is 1280. The minimum absolute atomic E-state index is 0.184. The summed E-state index contributed by atoms with van der Waals surface area (Å²) in [5.41, 5.74) is 6.97. The Labute approximate surface area is 241 Å². The van der Waals surface area contributed by atoms with E-state index in [-0.39, 0.29) is 6.79 Å². The van der Waals surface area contributed by atoms with Crippen LogP contribution in [-0.4, -0.2) is 67.8 Å². The van der Waals surface area contributed by atoms with E-state index in [1.165, 1.54) is 29.5 Å². The topological polar surface area (TPSA) is 67.3 Å². The van der Waals surface area contributed by atoms with E-state index >= 15 is 0 Å². The summed E-state index contributed by atoms with van der Waals surface area (Å²) in [7, 11) is 0. The lowest BCUT2D eigenvalue weighted by molar-refractivity contribution is -0.0315. The minimum atomic E-state index is -0.184. The van der Waals surface area contributed by atoms with E-state index in [1.54, 1.807) is 11.3 Å². The number of hydrogen-bond acceptors (Lipinski definition) is 8. The lowest BCUT2D eigenvalue weighted by Crippen LogP contribution is -2.43. The van der Waals surface area contributed by atoms with Gasteiger partial charge in [-0.25, -0.2) is 4.98 Å². The highest BCUT2D eigenvalue weighted by molar-refractivity contribution is 7.14. The second-order valence-corrected chi connectivity index (χ2v) is 12.4. The summed E-state index contributed by atoms with van der Waals surface area (Å²) in [6, 6.07) is 13.1. The van der Waals surface area contributed by atoms with E-state index in [0.717, 1.165) is 73.6 Å². The molecule has 7 nitrogen and oxygen atoms in total. The lowest BCUT2D eigenvalue weighted by atomic mass is 9.86. The summed E-state index contributed by atoms with van der Waals surface area (Å²) in [5, 5.41) is 12.4. The van der Waals surface area contributed by atoms with Gasteiger partial charge in [0.15, 0.2) is 5.13 Å². The van der Waals surface area contributed by atoms with Crippen molar-refractivity contribution in [2.45, 2.75) is 39.8 Å². The molecule has 3 aliphatic rings. The molecule has 1 saturated carbocycles. The van der Waals surface area contributed by atoms with Gasteiger partial charge in [0.1, 0.15) is 19.1 Å². The van der Waals surface area contributed by atoms with Crippen LogP contribution < -0.4 is 9.64 Å². The number of piperidine rings is 1. The maximum Gasteiger partial charge on any atom is 0.185 e. The van der Waals surface area contributed by atoms with E-state index < -0.39 is 0 Å². The van der Waals surface area contributed by atoms with Crippen molar-refractivity contribution >= 4 is 16.5 Å². The third-order valence-electron chi connectivity index (χ3n) is 8.97. The SMILES string of the molecule is Cc1cc(CN2CCOCC2)ccc1COc1c(C)cccc1-c1csc(N2C[C@H]3CC[C@@H](C2)[C@H]3COCO)n1. The first-order valence-corrected chi connectivity index (χ1v) is 15.5. The van der Waals surface area contributed by atoms with Gasteiger partial charge >= 0.3 is 0 Å². The number of aryl methyl sites for hydroxylation is 2. The first-order chi connectivity index (χ1) is 19.6. The van der Waals surface area contributed by atoms with Crippen molar-refractivity contribution in [3.05, 3.63) is 64.0 Å². The van der Waals surface area contributed by atoms with Crippen LogP contribution in [0.1, 0.15) is 35.1 Å². The van der Waals surface area contributed by atoms with E-state index in [0.29, 0.717) is 31.0 Å². The fourth-order valence-electron chi connectivity index (χ4n) is 6.72. The number of aromatic nitrogens is 1. The molecule has 1 aromatic heterocycles. The van der Waals surface area contributed by atoms with Gasteiger partial charge in [-0.15, -0.1) is 11.3 Å². The van der Waals surface area contributed by atoms with Crippen LogP contribution in [0.2, 0.25) is 0 Å². The maximum absolute atomic E-state index is 9.10. The third kappa shape index (κ3) is 6.06. The number of anilines is 1. The fraction of sp³-hybridized carbons (Fsp3) is 0.531. The van der Waals surface area contributed by atoms with E-state index in [2.05, 4.69) is 65.4 Å². The Kier molecular flexibility index (Phi) is 8.70. The lowest BCUT2D eigenvalue weighted by Gasteiger charge is -2.37. The maximum atomic E-state index is 9.10. The highest BCUT2D eigenvalue weighted by Gasteiger charge is 2.42. The molecule has 2 bridgehead atoms. The molecule has 2 aliphatic heterocycles. The fourth-order valence-corrected chi connectivity index (χ4v) is 7.56. The predicted octanol–water partition coefficient (Wildman–Crippen LogP) is 5.27. The van der Waals surface area contributed by atoms with Gasteiger partial charge in [-0.2, -0.15) is 0 Å². The number of fused-ring (bicyclic) bond motifs is 2. The minimum Gasteiger partial charge on any atom is -0.488 e. The van der Waals surface area contributed by atoms with Crippen LogP contribution in [0.3, 0.4) is 0 Å². The normalized spacial score (nSPS) is 23.1. The summed E-state index contributed by atoms with van der Waals surface area (Å²) in [5.74, 6) is 2.69.